The molecular weight excluding hydrogens is 228 g/mol. The van der Waals surface area contributed by atoms with Gasteiger partial charge in [-0.15, -0.1) is 0 Å². The van der Waals surface area contributed by atoms with E-state index in [9.17, 15) is 4.79 Å². The highest BCUT2D eigenvalue weighted by molar-refractivity contribution is 5.80. The highest BCUT2D eigenvalue weighted by Crippen LogP contribution is 2.26. The quantitative estimate of drug-likeness (QED) is 0.774. The summed E-state index contributed by atoms with van der Waals surface area (Å²) in [4.78, 5) is 19.6. The summed E-state index contributed by atoms with van der Waals surface area (Å²) in [6.45, 7) is 1.46. The number of carbonyl (C=O) groups is 1. The number of nitriles is 1. The van der Waals surface area contributed by atoms with Crippen molar-refractivity contribution < 1.29 is 4.79 Å². The van der Waals surface area contributed by atoms with Gasteiger partial charge in [0.2, 0.25) is 5.91 Å². The van der Waals surface area contributed by atoms with E-state index in [0.29, 0.717) is 12.1 Å². The molecule has 1 aromatic heterocycles. The van der Waals surface area contributed by atoms with Crippen molar-refractivity contribution in [1.82, 2.24) is 9.88 Å². The first-order valence-electron chi connectivity index (χ1n) is 5.93. The molecule has 2 heterocycles. The molecule has 18 heavy (non-hydrogen) atoms. The van der Waals surface area contributed by atoms with Gasteiger partial charge in [-0.3, -0.25) is 9.78 Å². The van der Waals surface area contributed by atoms with Crippen LogP contribution in [0.4, 0.5) is 5.69 Å². The lowest BCUT2D eigenvalue weighted by atomic mass is 10.1. The molecule has 0 aliphatic carbocycles. The number of nitrogens with zero attached hydrogens (tertiary/aromatic N) is 4. The summed E-state index contributed by atoms with van der Waals surface area (Å²) in [6, 6.07) is 3.87. The van der Waals surface area contributed by atoms with Gasteiger partial charge >= 0.3 is 0 Å². The molecule has 0 bridgehead atoms. The van der Waals surface area contributed by atoms with Gasteiger partial charge in [-0.1, -0.05) is 0 Å². The molecule has 0 N–H and O–H groups in total. The maximum absolute atomic E-state index is 11.9. The fraction of sp³-hybridized carbons (Fsp3) is 0.462. The van der Waals surface area contributed by atoms with Crippen LogP contribution in [-0.4, -0.2) is 43.0 Å². The lowest BCUT2D eigenvalue weighted by Gasteiger charge is -2.20. The number of pyridine rings is 1. The summed E-state index contributed by atoms with van der Waals surface area (Å²) in [6.07, 6.45) is 4.14. The number of anilines is 1. The maximum Gasteiger partial charge on any atom is 0.227 e. The van der Waals surface area contributed by atoms with Crippen LogP contribution in [0.25, 0.3) is 0 Å². The second-order valence-corrected chi connectivity index (χ2v) is 4.67. The number of carbonyl (C=O) groups excluding carboxylic acids is 1. The second kappa shape index (κ2) is 5.05. The van der Waals surface area contributed by atoms with E-state index < -0.39 is 0 Å². The Morgan fingerprint density at radius 2 is 2.39 bits per heavy atom. The minimum atomic E-state index is 0.0201. The molecule has 5 heteroatoms. The number of rotatable bonds is 2. The molecule has 1 fully saturated rings. The summed E-state index contributed by atoms with van der Waals surface area (Å²) >= 11 is 0. The SMILES string of the molecule is CN(C)C(=O)C1CCN(c2cnccc2C#N)C1. The predicted molar refractivity (Wildman–Crippen MR) is 68.0 cm³/mol. The zero-order valence-electron chi connectivity index (χ0n) is 10.6. The average Bonchev–Trinajstić information content (AvgIpc) is 2.87. The zero-order chi connectivity index (χ0) is 13.1. The van der Waals surface area contributed by atoms with Crippen LogP contribution >= 0.6 is 0 Å². The molecule has 0 saturated carbocycles. The van der Waals surface area contributed by atoms with Crippen LogP contribution in [0.3, 0.4) is 0 Å². The van der Waals surface area contributed by atoms with Crippen molar-refractivity contribution in [2.75, 3.05) is 32.1 Å². The molecule has 1 unspecified atom stereocenters. The van der Waals surface area contributed by atoms with Crippen molar-refractivity contribution in [1.29, 1.82) is 5.26 Å². The highest BCUT2D eigenvalue weighted by atomic mass is 16.2. The van der Waals surface area contributed by atoms with Gasteiger partial charge in [0.1, 0.15) is 6.07 Å². The van der Waals surface area contributed by atoms with E-state index in [0.717, 1.165) is 18.7 Å². The van der Waals surface area contributed by atoms with E-state index in [-0.39, 0.29) is 11.8 Å². The van der Waals surface area contributed by atoms with Crippen LogP contribution in [0.2, 0.25) is 0 Å². The molecule has 1 aliphatic heterocycles. The Morgan fingerprint density at radius 3 is 3.06 bits per heavy atom. The summed E-state index contributed by atoms with van der Waals surface area (Å²) in [5.74, 6) is 0.173. The van der Waals surface area contributed by atoms with E-state index in [2.05, 4.69) is 16.0 Å². The molecule has 0 spiro atoms. The normalized spacial score (nSPS) is 18.5. The molecule has 1 aliphatic rings. The molecule has 94 valence electrons. The third kappa shape index (κ3) is 2.28. The third-order valence-electron chi connectivity index (χ3n) is 3.24. The van der Waals surface area contributed by atoms with Gasteiger partial charge in [-0.05, 0) is 12.5 Å². The van der Waals surface area contributed by atoms with Crippen LogP contribution in [0, 0.1) is 17.2 Å². The van der Waals surface area contributed by atoms with E-state index in [1.807, 2.05) is 0 Å². The zero-order valence-corrected chi connectivity index (χ0v) is 10.6. The van der Waals surface area contributed by atoms with Crippen LogP contribution in [0.15, 0.2) is 18.5 Å². The Labute approximate surface area is 107 Å². The monoisotopic (exact) mass is 244 g/mol. The molecule has 1 aromatic rings. The van der Waals surface area contributed by atoms with Gasteiger partial charge in [-0.2, -0.15) is 5.26 Å². The van der Waals surface area contributed by atoms with Gasteiger partial charge in [0, 0.05) is 33.4 Å². The number of amides is 1. The van der Waals surface area contributed by atoms with Crippen molar-refractivity contribution >= 4 is 11.6 Å². The Hall–Kier alpha value is -2.09. The number of hydrogen-bond donors (Lipinski definition) is 0. The van der Waals surface area contributed by atoms with Crippen LogP contribution < -0.4 is 4.90 Å². The summed E-state index contributed by atoms with van der Waals surface area (Å²) in [7, 11) is 3.55. The summed E-state index contributed by atoms with van der Waals surface area (Å²) in [5.41, 5.74) is 1.44. The number of hydrogen-bond acceptors (Lipinski definition) is 4. The second-order valence-electron chi connectivity index (χ2n) is 4.67. The van der Waals surface area contributed by atoms with E-state index in [4.69, 9.17) is 5.26 Å². The highest BCUT2D eigenvalue weighted by Gasteiger charge is 2.30. The maximum atomic E-state index is 11.9. The van der Waals surface area contributed by atoms with Crippen LogP contribution in [0.5, 0.6) is 0 Å². The molecule has 1 saturated heterocycles. The van der Waals surface area contributed by atoms with Gasteiger partial charge in [0.25, 0.3) is 0 Å². The van der Waals surface area contributed by atoms with Crippen molar-refractivity contribution in [3.05, 3.63) is 24.0 Å². The first-order chi connectivity index (χ1) is 8.63. The van der Waals surface area contributed by atoms with Crippen molar-refractivity contribution in [3.8, 4) is 6.07 Å². The minimum Gasteiger partial charge on any atom is -0.368 e. The standard InChI is InChI=1S/C13H16N4O/c1-16(2)13(18)11-4-6-17(9-11)12-8-15-5-3-10(12)7-14/h3,5,8,11H,4,6,9H2,1-2H3. The molecule has 2 rings (SSSR count). The van der Waals surface area contributed by atoms with E-state index >= 15 is 0 Å². The largest absolute Gasteiger partial charge is 0.368 e. The Morgan fingerprint density at radius 1 is 1.61 bits per heavy atom. The topological polar surface area (TPSA) is 60.2 Å². The van der Waals surface area contributed by atoms with Crippen molar-refractivity contribution in [3.63, 3.8) is 0 Å². The fourth-order valence-corrected chi connectivity index (χ4v) is 2.28. The molecular formula is C13H16N4O. The Balaban J connectivity index is 2.14. The molecule has 1 amide bonds. The van der Waals surface area contributed by atoms with Crippen molar-refractivity contribution in [2.45, 2.75) is 6.42 Å². The first-order valence-corrected chi connectivity index (χ1v) is 5.93. The van der Waals surface area contributed by atoms with Gasteiger partial charge < -0.3 is 9.80 Å². The molecule has 0 aromatic carbocycles. The summed E-state index contributed by atoms with van der Waals surface area (Å²) < 4.78 is 0. The Bertz CT molecular complexity index is 492. The lowest BCUT2D eigenvalue weighted by molar-refractivity contribution is -0.132. The predicted octanol–water partition coefficient (Wildman–Crippen LogP) is 0.868. The van der Waals surface area contributed by atoms with Gasteiger partial charge in [0.05, 0.1) is 23.4 Å². The molecule has 5 nitrogen and oxygen atoms in total. The smallest absolute Gasteiger partial charge is 0.227 e. The Kier molecular flexibility index (Phi) is 3.47. The molecule has 1 atom stereocenters. The summed E-state index contributed by atoms with van der Waals surface area (Å²) in [5, 5.41) is 9.06. The van der Waals surface area contributed by atoms with Crippen LogP contribution in [-0.2, 0) is 4.79 Å². The number of aromatic nitrogens is 1. The third-order valence-corrected chi connectivity index (χ3v) is 3.24. The van der Waals surface area contributed by atoms with Crippen LogP contribution in [0.1, 0.15) is 12.0 Å². The average molecular weight is 244 g/mol. The first kappa shape index (κ1) is 12.4. The van der Waals surface area contributed by atoms with Crippen molar-refractivity contribution in [2.24, 2.45) is 5.92 Å². The fourth-order valence-electron chi connectivity index (χ4n) is 2.28. The molecule has 0 radical (unpaired) electrons. The van der Waals surface area contributed by atoms with Gasteiger partial charge in [-0.25, -0.2) is 0 Å². The lowest BCUT2D eigenvalue weighted by Crippen LogP contribution is -2.32. The van der Waals surface area contributed by atoms with E-state index in [1.165, 1.54) is 0 Å². The minimum absolute atomic E-state index is 0.0201. The van der Waals surface area contributed by atoms with E-state index in [1.54, 1.807) is 37.5 Å². The van der Waals surface area contributed by atoms with Gasteiger partial charge in [0.15, 0.2) is 0 Å².